The molecule has 0 N–H and O–H groups in total. The van der Waals surface area contributed by atoms with E-state index in [2.05, 4.69) is 29.8 Å². The number of hydrogen-bond donors (Lipinski definition) is 0. The largest absolute Gasteiger partial charge is 0.0888 e. The van der Waals surface area contributed by atoms with Crippen LogP contribution in [0.25, 0.3) is 0 Å². The Morgan fingerprint density at radius 2 is 1.94 bits per heavy atom. The topological polar surface area (TPSA) is 0 Å². The van der Waals surface area contributed by atoms with E-state index in [1.165, 1.54) is 12.0 Å². The summed E-state index contributed by atoms with van der Waals surface area (Å²) in [6.07, 6.45) is 3.34. The van der Waals surface area contributed by atoms with E-state index in [-0.39, 0.29) is 0 Å². The summed E-state index contributed by atoms with van der Waals surface area (Å²) in [5.74, 6) is 0.681. The van der Waals surface area contributed by atoms with Crippen molar-refractivity contribution in [3.63, 3.8) is 0 Å². The molecule has 0 aromatic heterocycles. The molecule has 0 amide bonds. The first-order valence-electron chi connectivity index (χ1n) is 5.58. The summed E-state index contributed by atoms with van der Waals surface area (Å²) in [6, 6.07) is 5.73. The Morgan fingerprint density at radius 1 is 1.25 bits per heavy atom. The molecule has 0 aliphatic heterocycles. The molecule has 0 saturated carbocycles. The molecule has 0 bridgehead atoms. The molecule has 16 heavy (non-hydrogen) atoms. The van der Waals surface area contributed by atoms with Crippen LogP contribution < -0.4 is 0 Å². The number of alkyl halides is 1. The van der Waals surface area contributed by atoms with Gasteiger partial charge in [-0.3, -0.25) is 0 Å². The highest BCUT2D eigenvalue weighted by atomic mass is 79.9. The lowest BCUT2D eigenvalue weighted by Gasteiger charge is -2.13. The highest BCUT2D eigenvalue weighted by Gasteiger charge is 2.09. The lowest BCUT2D eigenvalue weighted by Crippen LogP contribution is -2.07. The summed E-state index contributed by atoms with van der Waals surface area (Å²) in [5, 5.41) is 1.48. The summed E-state index contributed by atoms with van der Waals surface area (Å²) in [5.41, 5.74) is 1.19. The van der Waals surface area contributed by atoms with Gasteiger partial charge in [0.1, 0.15) is 0 Å². The fourth-order valence-corrected chi connectivity index (χ4v) is 2.37. The van der Waals surface area contributed by atoms with Crippen LogP contribution in [-0.4, -0.2) is 4.83 Å². The van der Waals surface area contributed by atoms with Gasteiger partial charge in [-0.05, 0) is 42.9 Å². The minimum absolute atomic E-state index is 0.596. The Balaban J connectivity index is 2.43. The van der Waals surface area contributed by atoms with Crippen molar-refractivity contribution in [1.82, 2.24) is 0 Å². The average molecular weight is 324 g/mol. The predicted octanol–water partition coefficient (Wildman–Crippen LogP) is 5.74. The van der Waals surface area contributed by atoms with Crippen molar-refractivity contribution in [2.75, 3.05) is 0 Å². The van der Waals surface area contributed by atoms with Crippen molar-refractivity contribution >= 4 is 39.1 Å². The molecule has 1 rings (SSSR count). The van der Waals surface area contributed by atoms with Crippen molar-refractivity contribution in [1.29, 1.82) is 0 Å². The van der Waals surface area contributed by atoms with Gasteiger partial charge in [0.05, 0.1) is 0 Å². The Hall–Kier alpha value is 0.280. The van der Waals surface area contributed by atoms with E-state index in [0.717, 1.165) is 17.9 Å². The third-order valence-electron chi connectivity index (χ3n) is 2.66. The molecular formula is C13H17BrCl2. The molecule has 1 unspecified atom stereocenters. The molecule has 1 aromatic rings. The first-order valence-corrected chi connectivity index (χ1v) is 7.26. The van der Waals surface area contributed by atoms with Crippen LogP contribution in [0, 0.1) is 5.92 Å². The standard InChI is InChI=1S/C13H17BrCl2/c1-9(2)12(14)5-3-4-10-6-7-11(15)8-13(10)16/h6-9,12H,3-5H2,1-2H3. The second-order valence-corrected chi connectivity index (χ2v) is 6.41. The summed E-state index contributed by atoms with van der Waals surface area (Å²) in [6.45, 7) is 4.46. The summed E-state index contributed by atoms with van der Waals surface area (Å²) in [7, 11) is 0. The van der Waals surface area contributed by atoms with Crippen LogP contribution >= 0.6 is 39.1 Å². The molecule has 0 fully saturated rings. The van der Waals surface area contributed by atoms with E-state index in [1.807, 2.05) is 18.2 Å². The van der Waals surface area contributed by atoms with Crippen molar-refractivity contribution < 1.29 is 0 Å². The molecule has 1 atom stereocenters. The average Bonchev–Trinajstić information content (AvgIpc) is 2.20. The molecule has 0 radical (unpaired) electrons. The summed E-state index contributed by atoms with van der Waals surface area (Å²) < 4.78 is 0. The highest BCUT2D eigenvalue weighted by molar-refractivity contribution is 9.09. The van der Waals surface area contributed by atoms with Gasteiger partial charge in [0.25, 0.3) is 0 Å². The van der Waals surface area contributed by atoms with E-state index in [9.17, 15) is 0 Å². The smallest absolute Gasteiger partial charge is 0.0452 e. The van der Waals surface area contributed by atoms with Crippen LogP contribution in [0.5, 0.6) is 0 Å². The zero-order valence-electron chi connectivity index (χ0n) is 9.64. The lowest BCUT2D eigenvalue weighted by molar-refractivity contribution is 0.562. The molecule has 3 heteroatoms. The summed E-state index contributed by atoms with van der Waals surface area (Å²) in [4.78, 5) is 0.596. The number of aryl methyl sites for hydroxylation is 1. The van der Waals surface area contributed by atoms with Gasteiger partial charge in [-0.25, -0.2) is 0 Å². The highest BCUT2D eigenvalue weighted by Crippen LogP contribution is 2.24. The maximum atomic E-state index is 6.11. The second-order valence-electron chi connectivity index (χ2n) is 4.39. The minimum atomic E-state index is 0.596. The molecule has 0 aliphatic rings. The van der Waals surface area contributed by atoms with Crippen LogP contribution in [0.3, 0.4) is 0 Å². The Kier molecular flexibility index (Phi) is 6.17. The minimum Gasteiger partial charge on any atom is -0.0888 e. The van der Waals surface area contributed by atoms with E-state index >= 15 is 0 Å². The first-order chi connectivity index (χ1) is 7.50. The SMILES string of the molecule is CC(C)C(Br)CCCc1ccc(Cl)cc1Cl. The van der Waals surface area contributed by atoms with Crippen LogP contribution in [0.2, 0.25) is 10.0 Å². The number of rotatable bonds is 5. The monoisotopic (exact) mass is 322 g/mol. The fourth-order valence-electron chi connectivity index (χ4n) is 1.55. The fraction of sp³-hybridized carbons (Fsp3) is 0.538. The molecule has 0 heterocycles. The van der Waals surface area contributed by atoms with Crippen molar-refractivity contribution in [3.05, 3.63) is 33.8 Å². The van der Waals surface area contributed by atoms with Gasteiger partial charge in [0.15, 0.2) is 0 Å². The number of benzene rings is 1. The van der Waals surface area contributed by atoms with Crippen molar-refractivity contribution in [2.45, 2.75) is 37.9 Å². The van der Waals surface area contributed by atoms with Gasteiger partial charge < -0.3 is 0 Å². The quantitative estimate of drug-likeness (QED) is 0.606. The second kappa shape index (κ2) is 6.88. The van der Waals surface area contributed by atoms with Crippen LogP contribution in [0.15, 0.2) is 18.2 Å². The van der Waals surface area contributed by atoms with Crippen LogP contribution in [0.4, 0.5) is 0 Å². The van der Waals surface area contributed by atoms with Gasteiger partial charge in [-0.2, -0.15) is 0 Å². The van der Waals surface area contributed by atoms with Gasteiger partial charge >= 0.3 is 0 Å². The van der Waals surface area contributed by atoms with Gasteiger partial charge in [0.2, 0.25) is 0 Å². The lowest BCUT2D eigenvalue weighted by atomic mass is 10.0. The number of hydrogen-bond acceptors (Lipinski definition) is 0. The Bertz CT molecular complexity index is 337. The molecule has 0 saturated heterocycles. The van der Waals surface area contributed by atoms with Crippen LogP contribution in [0.1, 0.15) is 32.3 Å². The Labute approximate surface area is 116 Å². The predicted molar refractivity (Wildman–Crippen MR) is 77.0 cm³/mol. The molecule has 1 aromatic carbocycles. The maximum Gasteiger partial charge on any atom is 0.0452 e. The molecule has 90 valence electrons. The van der Waals surface area contributed by atoms with Crippen LogP contribution in [-0.2, 0) is 6.42 Å². The van der Waals surface area contributed by atoms with E-state index in [4.69, 9.17) is 23.2 Å². The van der Waals surface area contributed by atoms with Gasteiger partial charge in [0, 0.05) is 14.9 Å². The van der Waals surface area contributed by atoms with E-state index < -0.39 is 0 Å². The summed E-state index contributed by atoms with van der Waals surface area (Å²) >= 11 is 15.7. The molecule has 0 aliphatic carbocycles. The zero-order valence-corrected chi connectivity index (χ0v) is 12.7. The third kappa shape index (κ3) is 4.65. The van der Waals surface area contributed by atoms with Gasteiger partial charge in [-0.1, -0.05) is 59.0 Å². The third-order valence-corrected chi connectivity index (χ3v) is 4.77. The molecule has 0 spiro atoms. The normalized spacial score (nSPS) is 13.1. The zero-order chi connectivity index (χ0) is 12.1. The number of halogens is 3. The van der Waals surface area contributed by atoms with Crippen molar-refractivity contribution in [2.24, 2.45) is 5.92 Å². The van der Waals surface area contributed by atoms with E-state index in [1.54, 1.807) is 0 Å². The maximum absolute atomic E-state index is 6.11. The van der Waals surface area contributed by atoms with Crippen molar-refractivity contribution in [3.8, 4) is 0 Å². The molecular weight excluding hydrogens is 307 g/mol. The molecule has 0 nitrogen and oxygen atoms in total. The first kappa shape index (κ1) is 14.3. The van der Waals surface area contributed by atoms with Gasteiger partial charge in [-0.15, -0.1) is 0 Å². The van der Waals surface area contributed by atoms with E-state index in [0.29, 0.717) is 15.8 Å². The Morgan fingerprint density at radius 3 is 2.50 bits per heavy atom.